The third-order valence-electron chi connectivity index (χ3n) is 2.65. The molecule has 0 unspecified atom stereocenters. The van der Waals surface area contributed by atoms with Gasteiger partial charge in [0.1, 0.15) is 5.75 Å². The molecule has 0 saturated carbocycles. The van der Waals surface area contributed by atoms with Crippen LogP contribution < -0.4 is 20.9 Å². The maximum atomic E-state index is 5.67. The summed E-state index contributed by atoms with van der Waals surface area (Å²) in [6.45, 7) is 2.09. The third-order valence-corrected chi connectivity index (χ3v) is 2.65. The van der Waals surface area contributed by atoms with Crippen LogP contribution >= 0.6 is 0 Å². The lowest BCUT2D eigenvalue weighted by Crippen LogP contribution is -2.17. The molecule has 0 bridgehead atoms. The van der Waals surface area contributed by atoms with Crippen molar-refractivity contribution in [3.8, 4) is 11.8 Å². The van der Waals surface area contributed by atoms with E-state index in [1.54, 1.807) is 4.90 Å². The summed E-state index contributed by atoms with van der Waals surface area (Å²) < 4.78 is 5.67. The second kappa shape index (κ2) is 6.16. The summed E-state index contributed by atoms with van der Waals surface area (Å²) in [5.41, 5.74) is 3.58. The van der Waals surface area contributed by atoms with Gasteiger partial charge < -0.3 is 9.64 Å². The lowest BCUT2D eigenvalue weighted by atomic mass is 10.2. The van der Waals surface area contributed by atoms with Crippen LogP contribution in [-0.2, 0) is 6.42 Å². The van der Waals surface area contributed by atoms with E-state index in [9.17, 15) is 0 Å². The number of anilines is 2. The number of aromatic nitrogens is 3. The molecule has 0 aliphatic rings. The molecule has 0 atom stereocenters. The van der Waals surface area contributed by atoms with E-state index < -0.39 is 0 Å². The Morgan fingerprint density at radius 3 is 2.70 bits per heavy atom. The van der Waals surface area contributed by atoms with E-state index in [-0.39, 0.29) is 12.0 Å². The van der Waals surface area contributed by atoms with E-state index in [1.165, 1.54) is 5.56 Å². The Labute approximate surface area is 117 Å². The van der Waals surface area contributed by atoms with Crippen LogP contribution in [0.4, 0.5) is 11.9 Å². The van der Waals surface area contributed by atoms with Gasteiger partial charge in [0.15, 0.2) is 0 Å². The lowest BCUT2D eigenvalue weighted by molar-refractivity contribution is 0.440. The number of rotatable bonds is 5. The molecule has 7 nitrogen and oxygen atoms in total. The van der Waals surface area contributed by atoms with Gasteiger partial charge in [-0.25, -0.2) is 5.84 Å². The predicted molar refractivity (Wildman–Crippen MR) is 77.9 cm³/mol. The van der Waals surface area contributed by atoms with Crippen LogP contribution in [0.5, 0.6) is 11.8 Å². The highest BCUT2D eigenvalue weighted by molar-refractivity contribution is 5.38. The van der Waals surface area contributed by atoms with Crippen molar-refractivity contribution in [3.63, 3.8) is 0 Å². The van der Waals surface area contributed by atoms with E-state index in [0.29, 0.717) is 11.7 Å². The Balaban J connectivity index is 2.29. The predicted octanol–water partition coefficient (Wildman–Crippen LogP) is 1.58. The Kier molecular flexibility index (Phi) is 4.31. The summed E-state index contributed by atoms with van der Waals surface area (Å²) in [5, 5.41) is 0. The fourth-order valence-electron chi connectivity index (χ4n) is 1.59. The van der Waals surface area contributed by atoms with E-state index in [4.69, 9.17) is 10.6 Å². The summed E-state index contributed by atoms with van der Waals surface area (Å²) >= 11 is 0. The minimum Gasteiger partial charge on any atom is -0.424 e. The first-order valence-corrected chi connectivity index (χ1v) is 6.29. The van der Waals surface area contributed by atoms with E-state index in [0.717, 1.165) is 6.42 Å². The molecule has 3 N–H and O–H groups in total. The van der Waals surface area contributed by atoms with Crippen molar-refractivity contribution in [2.45, 2.75) is 13.3 Å². The Hall–Kier alpha value is -2.41. The average molecular weight is 274 g/mol. The van der Waals surface area contributed by atoms with Crippen molar-refractivity contribution in [2.75, 3.05) is 24.4 Å². The van der Waals surface area contributed by atoms with Crippen LogP contribution in [-0.4, -0.2) is 29.0 Å². The van der Waals surface area contributed by atoms with Crippen LogP contribution in [0.2, 0.25) is 0 Å². The molecule has 0 aliphatic carbocycles. The molecule has 0 saturated heterocycles. The number of nitrogens with two attached hydrogens (primary N) is 1. The van der Waals surface area contributed by atoms with Gasteiger partial charge in [-0.3, -0.25) is 5.43 Å². The van der Waals surface area contributed by atoms with Crippen LogP contribution in [0, 0.1) is 0 Å². The highest BCUT2D eigenvalue weighted by Gasteiger charge is 2.09. The number of nitrogens with one attached hydrogen (secondary N) is 1. The SMILES string of the molecule is CCc1cccc(Oc2nc(NN)nc(N(C)C)n2)c1. The van der Waals surface area contributed by atoms with Gasteiger partial charge in [0.2, 0.25) is 11.9 Å². The molecule has 0 aliphatic heterocycles. The maximum absolute atomic E-state index is 5.67. The van der Waals surface area contributed by atoms with Crippen LogP contribution in [0.25, 0.3) is 0 Å². The Morgan fingerprint density at radius 1 is 1.25 bits per heavy atom. The van der Waals surface area contributed by atoms with Crippen LogP contribution in [0.1, 0.15) is 12.5 Å². The Bertz CT molecular complexity index is 587. The fourth-order valence-corrected chi connectivity index (χ4v) is 1.59. The van der Waals surface area contributed by atoms with Gasteiger partial charge in [0, 0.05) is 14.1 Å². The number of benzene rings is 1. The molecule has 0 spiro atoms. The number of nitrogens with zero attached hydrogens (tertiary/aromatic N) is 4. The highest BCUT2D eigenvalue weighted by atomic mass is 16.5. The van der Waals surface area contributed by atoms with Gasteiger partial charge >= 0.3 is 6.01 Å². The summed E-state index contributed by atoms with van der Waals surface area (Å²) in [6, 6.07) is 7.98. The lowest BCUT2D eigenvalue weighted by Gasteiger charge is -2.12. The highest BCUT2D eigenvalue weighted by Crippen LogP contribution is 2.21. The van der Waals surface area contributed by atoms with Gasteiger partial charge in [0.25, 0.3) is 0 Å². The normalized spacial score (nSPS) is 10.2. The molecular formula is C13H18N6O. The van der Waals surface area contributed by atoms with Gasteiger partial charge in [-0.15, -0.1) is 0 Å². The summed E-state index contributed by atoms with van der Waals surface area (Å²) in [4.78, 5) is 14.2. The molecule has 1 aromatic carbocycles. The molecule has 0 amide bonds. The zero-order valence-corrected chi connectivity index (χ0v) is 11.8. The van der Waals surface area contributed by atoms with Gasteiger partial charge in [-0.1, -0.05) is 19.1 Å². The van der Waals surface area contributed by atoms with Crippen molar-refractivity contribution in [1.82, 2.24) is 15.0 Å². The number of nitrogen functional groups attached to an aromatic ring is 1. The first kappa shape index (κ1) is 14.0. The number of hydrogen-bond donors (Lipinski definition) is 2. The topological polar surface area (TPSA) is 89.2 Å². The van der Waals surface area contributed by atoms with Crippen molar-refractivity contribution in [2.24, 2.45) is 5.84 Å². The minimum absolute atomic E-state index is 0.199. The summed E-state index contributed by atoms with van der Waals surface area (Å²) in [6.07, 6.45) is 0.937. The van der Waals surface area contributed by atoms with Gasteiger partial charge in [0.05, 0.1) is 0 Å². The monoisotopic (exact) mass is 274 g/mol. The second-order valence-electron chi connectivity index (χ2n) is 4.38. The molecule has 106 valence electrons. The smallest absolute Gasteiger partial charge is 0.328 e. The summed E-state index contributed by atoms with van der Waals surface area (Å²) in [5.74, 6) is 6.76. The first-order valence-electron chi connectivity index (χ1n) is 6.29. The molecule has 20 heavy (non-hydrogen) atoms. The third kappa shape index (κ3) is 3.33. The standard InChI is InChI=1S/C13H18N6O/c1-4-9-6-5-7-10(8-9)20-13-16-11(18-14)15-12(17-13)19(2)3/h5-8H,4,14H2,1-3H3,(H,15,16,17,18). The van der Waals surface area contributed by atoms with Crippen molar-refractivity contribution < 1.29 is 4.74 Å². The molecule has 1 aromatic heterocycles. The van der Waals surface area contributed by atoms with Crippen LogP contribution in [0.15, 0.2) is 24.3 Å². The van der Waals surface area contributed by atoms with E-state index in [1.807, 2.05) is 38.4 Å². The number of ether oxygens (including phenoxy) is 1. The second-order valence-corrected chi connectivity index (χ2v) is 4.38. The summed E-state index contributed by atoms with van der Waals surface area (Å²) in [7, 11) is 3.66. The average Bonchev–Trinajstić information content (AvgIpc) is 2.47. The molecule has 2 aromatic rings. The molecule has 0 radical (unpaired) electrons. The molecular weight excluding hydrogens is 256 g/mol. The Morgan fingerprint density at radius 2 is 2.05 bits per heavy atom. The minimum atomic E-state index is 0.199. The van der Waals surface area contributed by atoms with Gasteiger partial charge in [-0.2, -0.15) is 15.0 Å². The van der Waals surface area contributed by atoms with Crippen LogP contribution in [0.3, 0.4) is 0 Å². The number of hydrazine groups is 1. The first-order chi connectivity index (χ1) is 9.62. The van der Waals surface area contributed by atoms with Crippen molar-refractivity contribution in [3.05, 3.63) is 29.8 Å². The zero-order valence-electron chi connectivity index (χ0n) is 11.8. The fraction of sp³-hybridized carbons (Fsp3) is 0.308. The quantitative estimate of drug-likeness (QED) is 0.632. The van der Waals surface area contributed by atoms with Crippen molar-refractivity contribution >= 4 is 11.9 Å². The van der Waals surface area contributed by atoms with Gasteiger partial charge in [-0.05, 0) is 24.1 Å². The number of aryl methyl sites for hydroxylation is 1. The van der Waals surface area contributed by atoms with E-state index in [2.05, 4.69) is 27.3 Å². The van der Waals surface area contributed by atoms with Crippen molar-refractivity contribution in [1.29, 1.82) is 0 Å². The molecule has 2 rings (SSSR count). The number of hydrogen-bond acceptors (Lipinski definition) is 7. The molecule has 0 fully saturated rings. The van der Waals surface area contributed by atoms with E-state index >= 15 is 0 Å². The molecule has 1 heterocycles. The zero-order chi connectivity index (χ0) is 14.5. The molecule has 7 heteroatoms. The largest absolute Gasteiger partial charge is 0.424 e. The maximum Gasteiger partial charge on any atom is 0.328 e.